The molecule has 1 fully saturated rings. The smallest absolute Gasteiger partial charge is 0.239 e. The Balaban J connectivity index is 2.55. The molecule has 2 N–H and O–H groups in total. The Labute approximate surface area is 114 Å². The van der Waals surface area contributed by atoms with Gasteiger partial charge in [0.15, 0.2) is 0 Å². The van der Waals surface area contributed by atoms with Gasteiger partial charge in [0.1, 0.15) is 0 Å². The van der Waals surface area contributed by atoms with Crippen molar-refractivity contribution in [1.29, 1.82) is 0 Å². The van der Waals surface area contributed by atoms with E-state index in [1.54, 1.807) is 14.2 Å². The van der Waals surface area contributed by atoms with Crippen LogP contribution in [0.4, 0.5) is 0 Å². The molecule has 2 amide bonds. The largest absolute Gasteiger partial charge is 0.379 e. The summed E-state index contributed by atoms with van der Waals surface area (Å²) in [6.07, 6.45) is 2.03. The summed E-state index contributed by atoms with van der Waals surface area (Å²) in [5.74, 6) is -0.622. The van der Waals surface area contributed by atoms with Crippen LogP contribution in [0.5, 0.6) is 0 Å². The molecule has 6 nitrogen and oxygen atoms in total. The quantitative estimate of drug-likeness (QED) is 0.689. The van der Waals surface area contributed by atoms with E-state index in [0.717, 1.165) is 19.4 Å². The molecular formula is C13H25N3O3. The summed E-state index contributed by atoms with van der Waals surface area (Å²) < 4.78 is 5.52. The number of carbonyl (C=O) groups excluding carboxylic acids is 2. The third kappa shape index (κ3) is 4.18. The fourth-order valence-corrected chi connectivity index (χ4v) is 2.61. The summed E-state index contributed by atoms with van der Waals surface area (Å²) in [5.41, 5.74) is 0. The second-order valence-electron chi connectivity index (χ2n) is 5.07. The number of rotatable bonds is 6. The number of hydrogen-bond acceptors (Lipinski definition) is 4. The molecule has 1 rings (SSSR count). The second kappa shape index (κ2) is 7.45. The van der Waals surface area contributed by atoms with E-state index in [2.05, 4.69) is 22.6 Å². The van der Waals surface area contributed by atoms with Crippen molar-refractivity contribution < 1.29 is 14.3 Å². The first-order chi connectivity index (χ1) is 9.01. The lowest BCUT2D eigenvalue weighted by Crippen LogP contribution is -2.48. The van der Waals surface area contributed by atoms with Crippen LogP contribution < -0.4 is 10.6 Å². The average Bonchev–Trinajstić information content (AvgIpc) is 2.82. The van der Waals surface area contributed by atoms with Crippen LogP contribution in [0.1, 0.15) is 19.8 Å². The molecule has 0 aromatic carbocycles. The van der Waals surface area contributed by atoms with Crippen LogP contribution in [0.15, 0.2) is 0 Å². The van der Waals surface area contributed by atoms with E-state index in [9.17, 15) is 9.59 Å². The van der Waals surface area contributed by atoms with E-state index >= 15 is 0 Å². The summed E-state index contributed by atoms with van der Waals surface area (Å²) >= 11 is 0. The van der Waals surface area contributed by atoms with Crippen LogP contribution in [-0.2, 0) is 14.3 Å². The first kappa shape index (κ1) is 15.9. The number of amides is 2. The number of likely N-dealkylation sites (N-methyl/N-ethyl adjacent to an activating group) is 2. The maximum atomic E-state index is 12.0. The van der Waals surface area contributed by atoms with Crippen molar-refractivity contribution in [3.05, 3.63) is 0 Å². The summed E-state index contributed by atoms with van der Waals surface area (Å²) in [5, 5.41) is 5.11. The highest BCUT2D eigenvalue weighted by molar-refractivity contribution is 5.85. The lowest BCUT2D eigenvalue weighted by molar-refractivity contribution is -0.132. The monoisotopic (exact) mass is 271 g/mol. The van der Waals surface area contributed by atoms with Crippen molar-refractivity contribution in [2.24, 2.45) is 5.92 Å². The molecule has 0 aliphatic carbocycles. The molecular weight excluding hydrogens is 246 g/mol. The summed E-state index contributed by atoms with van der Waals surface area (Å²) in [6, 6.07) is 0.269. The molecule has 0 bridgehead atoms. The highest BCUT2D eigenvalue weighted by Crippen LogP contribution is 2.24. The Morgan fingerprint density at radius 2 is 2.16 bits per heavy atom. The fraction of sp³-hybridized carbons (Fsp3) is 0.846. The lowest BCUT2D eigenvalue weighted by atomic mass is 9.95. The molecule has 1 heterocycles. The van der Waals surface area contributed by atoms with Gasteiger partial charge < -0.3 is 20.3 Å². The van der Waals surface area contributed by atoms with Crippen molar-refractivity contribution in [2.45, 2.75) is 31.9 Å². The van der Waals surface area contributed by atoms with Crippen LogP contribution in [0.25, 0.3) is 0 Å². The summed E-state index contributed by atoms with van der Waals surface area (Å²) in [7, 11) is 5.24. The highest BCUT2D eigenvalue weighted by Gasteiger charge is 2.35. The van der Waals surface area contributed by atoms with Gasteiger partial charge in [-0.1, -0.05) is 6.92 Å². The first-order valence-electron chi connectivity index (χ1n) is 6.72. The van der Waals surface area contributed by atoms with Gasteiger partial charge in [-0.05, 0) is 26.4 Å². The van der Waals surface area contributed by atoms with Crippen molar-refractivity contribution >= 4 is 11.8 Å². The van der Waals surface area contributed by atoms with E-state index < -0.39 is 0 Å². The normalized spacial score (nSPS) is 22.8. The number of carbonyl (C=O) groups is 2. The third-order valence-electron chi connectivity index (χ3n) is 3.84. The van der Waals surface area contributed by atoms with E-state index in [-0.39, 0.29) is 36.4 Å². The molecule has 0 aromatic heterocycles. The van der Waals surface area contributed by atoms with Gasteiger partial charge in [0.2, 0.25) is 11.8 Å². The maximum absolute atomic E-state index is 12.0. The zero-order chi connectivity index (χ0) is 14.4. The zero-order valence-electron chi connectivity index (χ0n) is 12.2. The van der Waals surface area contributed by atoms with Gasteiger partial charge in [-0.3, -0.25) is 9.59 Å². The Kier molecular flexibility index (Phi) is 6.24. The molecule has 0 aromatic rings. The molecule has 6 heteroatoms. The SMILES string of the molecule is CNC(=O)CNC(=O)C(C)C(OC)C1CCCN1C. The van der Waals surface area contributed by atoms with Crippen molar-refractivity contribution in [3.63, 3.8) is 0 Å². The molecule has 3 atom stereocenters. The Bertz CT molecular complexity index is 322. The number of methoxy groups -OCH3 is 1. The molecule has 0 saturated carbocycles. The van der Waals surface area contributed by atoms with Crippen LogP contribution >= 0.6 is 0 Å². The average molecular weight is 271 g/mol. The standard InChI is InChI=1S/C13H25N3O3/c1-9(13(18)15-8-11(17)14-2)12(19-4)10-6-5-7-16(10)3/h9-10,12H,5-8H2,1-4H3,(H,14,17)(H,15,18). The van der Waals surface area contributed by atoms with Gasteiger partial charge >= 0.3 is 0 Å². The Morgan fingerprint density at radius 1 is 1.47 bits per heavy atom. The van der Waals surface area contributed by atoms with Gasteiger partial charge in [0.05, 0.1) is 18.6 Å². The topological polar surface area (TPSA) is 70.7 Å². The van der Waals surface area contributed by atoms with E-state index in [1.165, 1.54) is 0 Å². The molecule has 0 radical (unpaired) electrons. The van der Waals surface area contributed by atoms with Crippen LogP contribution in [0.2, 0.25) is 0 Å². The van der Waals surface area contributed by atoms with Gasteiger partial charge in [-0.15, -0.1) is 0 Å². The highest BCUT2D eigenvalue weighted by atomic mass is 16.5. The van der Waals surface area contributed by atoms with Crippen molar-refractivity contribution in [1.82, 2.24) is 15.5 Å². The summed E-state index contributed by atoms with van der Waals surface area (Å²) in [6.45, 7) is 2.90. The number of nitrogens with one attached hydrogen (secondary N) is 2. The van der Waals surface area contributed by atoms with Crippen LogP contribution in [0, 0.1) is 5.92 Å². The minimum absolute atomic E-state index is 0.0105. The molecule has 1 aliphatic rings. The summed E-state index contributed by atoms with van der Waals surface area (Å²) in [4.78, 5) is 25.4. The van der Waals surface area contributed by atoms with Crippen LogP contribution in [-0.4, -0.2) is 63.2 Å². The third-order valence-corrected chi connectivity index (χ3v) is 3.84. The molecule has 1 aliphatic heterocycles. The molecule has 0 spiro atoms. The fourth-order valence-electron chi connectivity index (χ4n) is 2.61. The van der Waals surface area contributed by atoms with E-state index in [4.69, 9.17) is 4.74 Å². The number of hydrogen-bond donors (Lipinski definition) is 2. The number of nitrogens with zero attached hydrogens (tertiary/aromatic N) is 1. The predicted octanol–water partition coefficient (Wildman–Crippen LogP) is -0.406. The Morgan fingerprint density at radius 3 is 2.63 bits per heavy atom. The molecule has 110 valence electrons. The minimum Gasteiger partial charge on any atom is -0.379 e. The second-order valence-corrected chi connectivity index (χ2v) is 5.07. The zero-order valence-corrected chi connectivity index (χ0v) is 12.2. The molecule has 19 heavy (non-hydrogen) atoms. The van der Waals surface area contributed by atoms with Gasteiger partial charge in [-0.2, -0.15) is 0 Å². The van der Waals surface area contributed by atoms with Crippen LogP contribution in [0.3, 0.4) is 0 Å². The predicted molar refractivity (Wildman–Crippen MR) is 72.7 cm³/mol. The van der Waals surface area contributed by atoms with E-state index in [1.807, 2.05) is 6.92 Å². The number of ether oxygens (including phenoxy) is 1. The minimum atomic E-state index is -0.278. The first-order valence-corrected chi connectivity index (χ1v) is 6.72. The van der Waals surface area contributed by atoms with Gasteiger partial charge in [0, 0.05) is 20.2 Å². The van der Waals surface area contributed by atoms with Crippen molar-refractivity contribution in [3.8, 4) is 0 Å². The molecule has 3 unspecified atom stereocenters. The Hall–Kier alpha value is -1.14. The maximum Gasteiger partial charge on any atom is 0.239 e. The van der Waals surface area contributed by atoms with Crippen molar-refractivity contribution in [2.75, 3.05) is 34.3 Å². The van der Waals surface area contributed by atoms with Gasteiger partial charge in [-0.25, -0.2) is 0 Å². The number of likely N-dealkylation sites (tertiary alicyclic amines) is 1. The molecule has 1 saturated heterocycles. The van der Waals surface area contributed by atoms with E-state index in [0.29, 0.717) is 0 Å². The van der Waals surface area contributed by atoms with Gasteiger partial charge in [0.25, 0.3) is 0 Å². The lowest BCUT2D eigenvalue weighted by Gasteiger charge is -2.31.